The summed E-state index contributed by atoms with van der Waals surface area (Å²) in [7, 11) is 5.34. The van der Waals surface area contributed by atoms with E-state index in [4.69, 9.17) is 14.7 Å². The van der Waals surface area contributed by atoms with Crippen LogP contribution in [0.1, 0.15) is 68.6 Å². The second kappa shape index (κ2) is 14.5. The van der Waals surface area contributed by atoms with E-state index in [-0.39, 0.29) is 35.6 Å². The minimum atomic E-state index is -0.695. The molecule has 0 saturated carbocycles. The molecule has 5 aromatic heterocycles. The monoisotopic (exact) mass is 833 g/mol. The molecular formula is C48H51N9O5. The summed E-state index contributed by atoms with van der Waals surface area (Å²) in [5.74, 6) is 1.43. The lowest BCUT2D eigenvalue weighted by Gasteiger charge is -2.20. The van der Waals surface area contributed by atoms with Gasteiger partial charge in [0, 0.05) is 79.9 Å². The van der Waals surface area contributed by atoms with Gasteiger partial charge in [0.1, 0.15) is 11.6 Å². The number of amides is 2. The highest BCUT2D eigenvalue weighted by atomic mass is 16.5. The van der Waals surface area contributed by atoms with Crippen LogP contribution in [0.2, 0.25) is 0 Å². The molecule has 0 bridgehead atoms. The number of aryl methyl sites for hydroxylation is 3. The second-order valence-corrected chi connectivity index (χ2v) is 18.0. The molecular weight excluding hydrogens is 783 g/mol. The third-order valence-electron chi connectivity index (χ3n) is 12.9. The van der Waals surface area contributed by atoms with Gasteiger partial charge in [-0.25, -0.2) is 9.97 Å². The zero-order valence-corrected chi connectivity index (χ0v) is 36.9. The highest BCUT2D eigenvalue weighted by Crippen LogP contribution is 2.45. The first-order chi connectivity index (χ1) is 29.4. The van der Waals surface area contributed by atoms with E-state index in [0.29, 0.717) is 42.5 Å². The van der Waals surface area contributed by atoms with Crippen LogP contribution in [0, 0.1) is 13.8 Å². The number of hydrogen-bond acceptors (Lipinski definition) is 8. The van der Waals surface area contributed by atoms with Crippen molar-refractivity contribution in [2.24, 2.45) is 7.05 Å². The number of likely N-dealkylation sites (N-methyl/N-ethyl adjacent to an activating group) is 2. The van der Waals surface area contributed by atoms with Gasteiger partial charge in [-0.1, -0.05) is 6.07 Å². The lowest BCUT2D eigenvalue weighted by atomic mass is 9.86. The molecule has 14 nitrogen and oxygen atoms in total. The molecule has 0 N–H and O–H groups in total. The summed E-state index contributed by atoms with van der Waals surface area (Å²) in [6.07, 6.45) is 5.41. The summed E-state index contributed by atoms with van der Waals surface area (Å²) < 4.78 is 13.8. The molecule has 2 aromatic carbocycles. The molecule has 0 saturated heterocycles. The minimum Gasteiger partial charge on any atom is -0.377 e. The second-order valence-electron chi connectivity index (χ2n) is 18.0. The van der Waals surface area contributed by atoms with Crippen molar-refractivity contribution in [2.45, 2.75) is 78.4 Å². The minimum absolute atomic E-state index is 0.0230. The van der Waals surface area contributed by atoms with E-state index in [1.54, 1.807) is 52.3 Å². The smallest absolute Gasteiger partial charge is 0.253 e. The fourth-order valence-corrected chi connectivity index (χ4v) is 9.38. The number of imidazole rings is 2. The number of hydrogen-bond donors (Lipinski definition) is 0. The Morgan fingerprint density at radius 2 is 1.29 bits per heavy atom. The third-order valence-corrected chi connectivity index (χ3v) is 12.9. The SMILES string of the molecule is Cc1cc(-c2nc3cc4c(cc3n2C(C)COCCn2cc(-c3nc5cc6c(cc5n3Cc3ccccn3)N(C)C(=O)C6(C)C)cc(C)c2=O)N(C)C(=O)C4(C)C)cn(C)c1=O. The van der Waals surface area contributed by atoms with Gasteiger partial charge >= 0.3 is 0 Å². The summed E-state index contributed by atoms with van der Waals surface area (Å²) >= 11 is 0. The average Bonchev–Trinajstić information content (AvgIpc) is 3.89. The van der Waals surface area contributed by atoms with Crippen molar-refractivity contribution in [3.8, 4) is 22.8 Å². The fraction of sp³-hybridized carbons (Fsp3) is 0.354. The Kier molecular flexibility index (Phi) is 9.51. The summed E-state index contributed by atoms with van der Waals surface area (Å²) in [4.78, 5) is 71.1. The van der Waals surface area contributed by atoms with Gasteiger partial charge in [0.25, 0.3) is 11.1 Å². The standard InChI is InChI=1S/C48H51N9O5/c1-27-17-30(23-52(8)43(27)58)42-51-36-20-34-38(54(10)46(61)48(34,6)7)22-40(36)57(42)29(3)26-62-16-15-55-24-31(18-28(2)44(55)59)41-50-35-19-33-37(53(9)45(60)47(33,4)5)21-39(35)56(41)25-32-13-11-12-14-49-32/h11-14,17-24,29H,15-16,25-26H2,1-10H3. The van der Waals surface area contributed by atoms with Crippen LogP contribution >= 0.6 is 0 Å². The van der Waals surface area contributed by atoms with Crippen LogP contribution in [-0.4, -0.2) is 72.3 Å². The molecule has 0 fully saturated rings. The zero-order valence-electron chi connectivity index (χ0n) is 36.9. The van der Waals surface area contributed by atoms with Crippen LogP contribution in [0.4, 0.5) is 11.4 Å². The maximum Gasteiger partial charge on any atom is 0.253 e. The van der Waals surface area contributed by atoms with E-state index in [0.717, 1.165) is 61.4 Å². The number of ether oxygens (including phenoxy) is 1. The molecule has 62 heavy (non-hydrogen) atoms. The number of carbonyl (C=O) groups excluding carboxylic acids is 2. The predicted molar refractivity (Wildman–Crippen MR) is 241 cm³/mol. The van der Waals surface area contributed by atoms with E-state index in [1.807, 2.05) is 102 Å². The highest BCUT2D eigenvalue weighted by molar-refractivity contribution is 6.10. The molecule has 14 heteroatoms. The first-order valence-electron chi connectivity index (χ1n) is 20.9. The Hall–Kier alpha value is -6.67. The van der Waals surface area contributed by atoms with Crippen LogP contribution in [0.3, 0.4) is 0 Å². The maximum atomic E-state index is 13.7. The zero-order chi connectivity index (χ0) is 44.2. The summed E-state index contributed by atoms with van der Waals surface area (Å²) in [6.45, 7) is 14.7. The molecule has 2 aliphatic rings. The van der Waals surface area contributed by atoms with Gasteiger partial charge in [0.05, 0.1) is 64.4 Å². The summed E-state index contributed by atoms with van der Waals surface area (Å²) in [5.41, 5.74) is 8.74. The van der Waals surface area contributed by atoms with Gasteiger partial charge in [-0.15, -0.1) is 0 Å². The number of benzene rings is 2. The Morgan fingerprint density at radius 1 is 0.710 bits per heavy atom. The molecule has 0 spiro atoms. The van der Waals surface area contributed by atoms with Crippen LogP contribution in [0.25, 0.3) is 44.8 Å². The van der Waals surface area contributed by atoms with Gasteiger partial charge in [0.15, 0.2) is 0 Å². The van der Waals surface area contributed by atoms with E-state index in [1.165, 1.54) is 0 Å². The van der Waals surface area contributed by atoms with Crippen molar-refractivity contribution >= 4 is 45.3 Å². The molecule has 0 radical (unpaired) electrons. The first-order valence-corrected chi connectivity index (χ1v) is 20.9. The quantitative estimate of drug-likeness (QED) is 0.144. The van der Waals surface area contributed by atoms with Crippen LogP contribution < -0.4 is 20.9 Å². The first kappa shape index (κ1) is 40.7. The molecule has 7 aromatic rings. The Balaban J connectivity index is 1.03. The van der Waals surface area contributed by atoms with Crippen molar-refractivity contribution in [3.63, 3.8) is 0 Å². The van der Waals surface area contributed by atoms with Crippen molar-refractivity contribution in [3.05, 3.63) is 122 Å². The number of anilines is 2. The maximum absolute atomic E-state index is 13.7. The van der Waals surface area contributed by atoms with E-state index >= 15 is 0 Å². The Labute approximate surface area is 359 Å². The number of pyridine rings is 3. The van der Waals surface area contributed by atoms with Gasteiger partial charge in [0.2, 0.25) is 11.8 Å². The van der Waals surface area contributed by atoms with Gasteiger partial charge < -0.3 is 32.8 Å². The number of aromatic nitrogens is 7. The molecule has 1 unspecified atom stereocenters. The average molecular weight is 834 g/mol. The molecule has 0 aliphatic carbocycles. The number of carbonyl (C=O) groups is 2. The van der Waals surface area contributed by atoms with E-state index in [2.05, 4.69) is 21.0 Å². The molecule has 2 aliphatic heterocycles. The van der Waals surface area contributed by atoms with E-state index < -0.39 is 10.8 Å². The largest absolute Gasteiger partial charge is 0.377 e. The molecule has 2 amide bonds. The Morgan fingerprint density at radius 3 is 1.90 bits per heavy atom. The predicted octanol–water partition coefficient (Wildman–Crippen LogP) is 6.43. The van der Waals surface area contributed by atoms with E-state index in [9.17, 15) is 19.2 Å². The van der Waals surface area contributed by atoms with Gasteiger partial charge in [-0.3, -0.25) is 24.2 Å². The number of rotatable bonds is 10. The fourth-order valence-electron chi connectivity index (χ4n) is 9.38. The van der Waals surface area contributed by atoms with Crippen LogP contribution in [0.5, 0.6) is 0 Å². The van der Waals surface area contributed by atoms with Gasteiger partial charge in [-0.2, -0.15) is 0 Å². The summed E-state index contributed by atoms with van der Waals surface area (Å²) in [6, 6.07) is 17.4. The normalized spacial score (nSPS) is 15.9. The lowest BCUT2D eigenvalue weighted by molar-refractivity contribution is -0.122. The van der Waals surface area contributed by atoms with Crippen LogP contribution in [-0.2, 0) is 45.3 Å². The number of fused-ring (bicyclic) bond motifs is 4. The Bertz CT molecular complexity index is 3110. The topological polar surface area (TPSA) is 142 Å². The van der Waals surface area contributed by atoms with Crippen LogP contribution in [0.15, 0.2) is 82.8 Å². The molecule has 318 valence electrons. The van der Waals surface area contributed by atoms with Crippen molar-refractivity contribution < 1.29 is 14.3 Å². The lowest BCUT2D eigenvalue weighted by Crippen LogP contribution is -2.33. The van der Waals surface area contributed by atoms with Crippen molar-refractivity contribution in [1.29, 1.82) is 0 Å². The molecule has 9 rings (SSSR count). The van der Waals surface area contributed by atoms with Crippen molar-refractivity contribution in [2.75, 3.05) is 37.1 Å². The number of nitrogens with zero attached hydrogens (tertiary/aromatic N) is 9. The molecule has 7 heterocycles. The summed E-state index contributed by atoms with van der Waals surface area (Å²) in [5, 5.41) is 0. The molecule has 1 atom stereocenters. The van der Waals surface area contributed by atoms with Crippen molar-refractivity contribution in [1.82, 2.24) is 33.2 Å². The third kappa shape index (κ3) is 6.29. The van der Waals surface area contributed by atoms with Gasteiger partial charge in [-0.05, 0) is 108 Å². The highest BCUT2D eigenvalue weighted by Gasteiger charge is 2.44.